The molecule has 0 saturated heterocycles. The molecule has 2 aromatic carbocycles. The van der Waals surface area contributed by atoms with Crippen LogP contribution in [0.5, 0.6) is 11.5 Å². The zero-order valence-corrected chi connectivity index (χ0v) is 13.5. The second-order valence-electron chi connectivity index (χ2n) is 4.82. The van der Waals surface area contributed by atoms with E-state index in [4.69, 9.17) is 15.2 Å². The highest BCUT2D eigenvalue weighted by atomic mass is 16.5. The van der Waals surface area contributed by atoms with E-state index < -0.39 is 0 Å². The standard InChI is InChI=1S/C17H19N3O4/c1-23-14-8-7-11(9-15(14)24-2)17(22)20-13-6-4-3-5-12(13)19-16(21)10-18/h3-9H,10,18H2,1-2H3,(H,19,21)(H,20,22). The third-order valence-electron chi connectivity index (χ3n) is 3.28. The van der Waals surface area contributed by atoms with Gasteiger partial charge in [-0.2, -0.15) is 0 Å². The molecule has 0 aliphatic carbocycles. The van der Waals surface area contributed by atoms with Crippen molar-refractivity contribution in [3.8, 4) is 11.5 Å². The van der Waals surface area contributed by atoms with Crippen LogP contribution < -0.4 is 25.8 Å². The molecule has 7 heteroatoms. The first-order chi connectivity index (χ1) is 11.6. The van der Waals surface area contributed by atoms with E-state index in [0.29, 0.717) is 28.4 Å². The Bertz CT molecular complexity index is 746. The van der Waals surface area contributed by atoms with Gasteiger partial charge in [-0.15, -0.1) is 0 Å². The van der Waals surface area contributed by atoms with Gasteiger partial charge in [0.1, 0.15) is 0 Å². The van der Waals surface area contributed by atoms with Crippen LogP contribution in [0.4, 0.5) is 11.4 Å². The third-order valence-corrected chi connectivity index (χ3v) is 3.28. The molecular weight excluding hydrogens is 310 g/mol. The van der Waals surface area contributed by atoms with Crippen molar-refractivity contribution in [1.82, 2.24) is 0 Å². The van der Waals surface area contributed by atoms with Crippen LogP contribution >= 0.6 is 0 Å². The molecule has 0 atom stereocenters. The molecule has 0 radical (unpaired) electrons. The van der Waals surface area contributed by atoms with Crippen molar-refractivity contribution in [3.05, 3.63) is 48.0 Å². The minimum atomic E-state index is -0.345. The van der Waals surface area contributed by atoms with E-state index in [-0.39, 0.29) is 18.4 Å². The van der Waals surface area contributed by atoms with Crippen LogP contribution in [0.1, 0.15) is 10.4 Å². The Morgan fingerprint density at radius 3 is 2.17 bits per heavy atom. The lowest BCUT2D eigenvalue weighted by atomic mass is 10.1. The summed E-state index contributed by atoms with van der Waals surface area (Å²) in [6.07, 6.45) is 0. The fourth-order valence-electron chi connectivity index (χ4n) is 2.07. The number of hydrogen-bond donors (Lipinski definition) is 3. The summed E-state index contributed by atoms with van der Waals surface area (Å²) >= 11 is 0. The van der Waals surface area contributed by atoms with E-state index in [1.54, 1.807) is 42.5 Å². The van der Waals surface area contributed by atoms with Gasteiger partial charge in [0.25, 0.3) is 5.91 Å². The maximum absolute atomic E-state index is 12.4. The summed E-state index contributed by atoms with van der Waals surface area (Å²) in [5, 5.41) is 5.39. The number of benzene rings is 2. The summed E-state index contributed by atoms with van der Waals surface area (Å²) < 4.78 is 10.3. The Balaban J connectivity index is 2.22. The fourth-order valence-corrected chi connectivity index (χ4v) is 2.07. The number of amides is 2. The lowest BCUT2D eigenvalue weighted by molar-refractivity contribution is -0.114. The van der Waals surface area contributed by atoms with Crippen molar-refractivity contribution in [1.29, 1.82) is 0 Å². The molecule has 0 heterocycles. The molecule has 0 spiro atoms. The lowest BCUT2D eigenvalue weighted by Crippen LogP contribution is -2.23. The molecule has 0 bridgehead atoms. The van der Waals surface area contributed by atoms with E-state index in [2.05, 4.69) is 10.6 Å². The Kier molecular flexibility index (Phi) is 5.75. The van der Waals surface area contributed by atoms with Crippen LogP contribution in [0.3, 0.4) is 0 Å². The molecule has 7 nitrogen and oxygen atoms in total. The quantitative estimate of drug-likeness (QED) is 0.750. The van der Waals surface area contributed by atoms with Gasteiger partial charge in [-0.25, -0.2) is 0 Å². The van der Waals surface area contributed by atoms with Crippen molar-refractivity contribution in [2.24, 2.45) is 5.73 Å². The van der Waals surface area contributed by atoms with Crippen LogP contribution in [-0.2, 0) is 4.79 Å². The Morgan fingerprint density at radius 1 is 0.958 bits per heavy atom. The van der Waals surface area contributed by atoms with Crippen LogP contribution in [0.15, 0.2) is 42.5 Å². The normalized spacial score (nSPS) is 9.96. The highest BCUT2D eigenvalue weighted by Crippen LogP contribution is 2.28. The van der Waals surface area contributed by atoms with Gasteiger partial charge in [0.15, 0.2) is 11.5 Å². The second-order valence-corrected chi connectivity index (χ2v) is 4.82. The highest BCUT2D eigenvalue weighted by Gasteiger charge is 2.13. The van der Waals surface area contributed by atoms with Crippen molar-refractivity contribution in [2.45, 2.75) is 0 Å². The number of carbonyl (C=O) groups is 2. The number of rotatable bonds is 6. The van der Waals surface area contributed by atoms with E-state index in [1.165, 1.54) is 14.2 Å². The van der Waals surface area contributed by atoms with Gasteiger partial charge in [-0.05, 0) is 30.3 Å². The Hall–Kier alpha value is -3.06. The van der Waals surface area contributed by atoms with E-state index in [0.717, 1.165) is 0 Å². The van der Waals surface area contributed by atoms with Crippen molar-refractivity contribution in [2.75, 3.05) is 31.4 Å². The summed E-state index contributed by atoms with van der Waals surface area (Å²) in [6, 6.07) is 11.7. The molecule has 0 aliphatic rings. The first-order valence-corrected chi connectivity index (χ1v) is 7.21. The third kappa shape index (κ3) is 4.02. The van der Waals surface area contributed by atoms with Crippen molar-refractivity contribution < 1.29 is 19.1 Å². The average Bonchev–Trinajstić information content (AvgIpc) is 2.62. The molecule has 2 rings (SSSR count). The van der Waals surface area contributed by atoms with E-state index in [1.807, 2.05) is 0 Å². The summed E-state index contributed by atoms with van der Waals surface area (Å²) in [4.78, 5) is 23.9. The topological polar surface area (TPSA) is 103 Å². The Labute approximate surface area is 139 Å². The molecule has 4 N–H and O–H groups in total. The summed E-state index contributed by atoms with van der Waals surface area (Å²) in [5.41, 5.74) is 6.64. The summed E-state index contributed by atoms with van der Waals surface area (Å²) in [7, 11) is 3.02. The molecule has 0 fully saturated rings. The first-order valence-electron chi connectivity index (χ1n) is 7.21. The van der Waals surface area contributed by atoms with E-state index >= 15 is 0 Å². The first kappa shape index (κ1) is 17.3. The van der Waals surface area contributed by atoms with Gasteiger partial charge >= 0.3 is 0 Å². The molecule has 0 aromatic heterocycles. The van der Waals surface area contributed by atoms with Gasteiger partial charge in [-0.1, -0.05) is 12.1 Å². The van der Waals surface area contributed by atoms with Crippen LogP contribution in [-0.4, -0.2) is 32.6 Å². The number of hydrogen-bond acceptors (Lipinski definition) is 5. The maximum Gasteiger partial charge on any atom is 0.255 e. The lowest BCUT2D eigenvalue weighted by Gasteiger charge is -2.13. The van der Waals surface area contributed by atoms with Gasteiger partial charge in [0, 0.05) is 5.56 Å². The van der Waals surface area contributed by atoms with Crippen molar-refractivity contribution in [3.63, 3.8) is 0 Å². The monoisotopic (exact) mass is 329 g/mol. The zero-order valence-electron chi connectivity index (χ0n) is 13.5. The van der Waals surface area contributed by atoms with Gasteiger partial charge in [0.05, 0.1) is 32.1 Å². The molecular formula is C17H19N3O4. The molecule has 0 saturated carbocycles. The van der Waals surface area contributed by atoms with Crippen LogP contribution in [0, 0.1) is 0 Å². The average molecular weight is 329 g/mol. The zero-order chi connectivity index (χ0) is 17.5. The number of para-hydroxylation sites is 2. The van der Waals surface area contributed by atoms with Gasteiger partial charge in [0.2, 0.25) is 5.91 Å². The number of carbonyl (C=O) groups excluding carboxylic acids is 2. The van der Waals surface area contributed by atoms with E-state index in [9.17, 15) is 9.59 Å². The molecule has 126 valence electrons. The maximum atomic E-state index is 12.4. The molecule has 0 aliphatic heterocycles. The minimum Gasteiger partial charge on any atom is -0.493 e. The predicted octanol–water partition coefficient (Wildman–Crippen LogP) is 1.85. The number of nitrogens with two attached hydrogens (primary N) is 1. The number of anilines is 2. The van der Waals surface area contributed by atoms with Crippen LogP contribution in [0.25, 0.3) is 0 Å². The molecule has 0 unspecified atom stereocenters. The number of methoxy groups -OCH3 is 2. The van der Waals surface area contributed by atoms with Gasteiger partial charge in [-0.3, -0.25) is 9.59 Å². The Morgan fingerprint density at radius 2 is 1.58 bits per heavy atom. The fraction of sp³-hybridized carbons (Fsp3) is 0.176. The smallest absolute Gasteiger partial charge is 0.255 e. The molecule has 2 amide bonds. The minimum absolute atomic E-state index is 0.141. The molecule has 24 heavy (non-hydrogen) atoms. The number of nitrogens with one attached hydrogen (secondary N) is 2. The second kappa shape index (κ2) is 7.98. The highest BCUT2D eigenvalue weighted by molar-refractivity contribution is 6.07. The van der Waals surface area contributed by atoms with Gasteiger partial charge < -0.3 is 25.8 Å². The molecule has 2 aromatic rings. The predicted molar refractivity (Wildman–Crippen MR) is 91.6 cm³/mol. The SMILES string of the molecule is COc1ccc(C(=O)Nc2ccccc2NC(=O)CN)cc1OC. The van der Waals surface area contributed by atoms with Crippen LogP contribution in [0.2, 0.25) is 0 Å². The van der Waals surface area contributed by atoms with Crippen molar-refractivity contribution >= 4 is 23.2 Å². The summed E-state index contributed by atoms with van der Waals surface area (Å²) in [5.74, 6) is 0.299. The summed E-state index contributed by atoms with van der Waals surface area (Å²) in [6.45, 7) is -0.141. The largest absolute Gasteiger partial charge is 0.493 e. The number of ether oxygens (including phenoxy) is 2.